The number of carbonyl (C=O) groups is 1. The molecule has 0 aliphatic rings. The van der Waals surface area contributed by atoms with Crippen LogP contribution >= 0.6 is 0 Å². The number of rotatable bonds is 5. The Morgan fingerprint density at radius 1 is 1.17 bits per heavy atom. The average Bonchev–Trinajstić information content (AvgIpc) is 2.82. The molecule has 0 unspecified atom stereocenters. The lowest BCUT2D eigenvalue weighted by Gasteiger charge is -2.12. The number of benzene rings is 1. The Bertz CT molecular complexity index is 868. The lowest BCUT2D eigenvalue weighted by atomic mass is 10.1. The van der Waals surface area contributed by atoms with Gasteiger partial charge >= 0.3 is 0 Å². The standard InChI is InChI=1S/C15H18N2O5S/c1-9-15(11(3)18)10(2)17(16-9)23(19,20)14-8-12(21-4)6-7-13(14)22-5/h6-8H,1-5H3. The van der Waals surface area contributed by atoms with Gasteiger partial charge in [-0.25, -0.2) is 0 Å². The summed E-state index contributed by atoms with van der Waals surface area (Å²) in [4.78, 5) is 11.6. The summed E-state index contributed by atoms with van der Waals surface area (Å²) < 4.78 is 37.0. The number of ketones is 1. The number of nitrogens with zero attached hydrogens (tertiary/aromatic N) is 2. The van der Waals surface area contributed by atoms with Crippen LogP contribution in [0.2, 0.25) is 0 Å². The van der Waals surface area contributed by atoms with Gasteiger partial charge in [0.2, 0.25) is 0 Å². The highest BCUT2D eigenvalue weighted by Crippen LogP contribution is 2.31. The van der Waals surface area contributed by atoms with Crippen LogP contribution in [-0.2, 0) is 10.0 Å². The average molecular weight is 338 g/mol. The van der Waals surface area contributed by atoms with Crippen molar-refractivity contribution in [3.05, 3.63) is 35.2 Å². The number of Topliss-reactive ketones (excluding diaryl/α,β-unsaturated/α-hetero) is 1. The van der Waals surface area contributed by atoms with E-state index in [0.717, 1.165) is 4.09 Å². The molecule has 1 aromatic carbocycles. The number of aryl methyl sites for hydroxylation is 1. The maximum absolute atomic E-state index is 12.9. The van der Waals surface area contributed by atoms with Crippen LogP contribution in [0.1, 0.15) is 28.7 Å². The third-order valence-electron chi connectivity index (χ3n) is 3.48. The number of hydrogen-bond acceptors (Lipinski definition) is 6. The van der Waals surface area contributed by atoms with Gasteiger partial charge in [0, 0.05) is 6.07 Å². The molecule has 0 aliphatic carbocycles. The van der Waals surface area contributed by atoms with E-state index in [1.807, 2.05) is 0 Å². The Hall–Kier alpha value is -2.35. The van der Waals surface area contributed by atoms with Crippen LogP contribution in [0.25, 0.3) is 0 Å². The van der Waals surface area contributed by atoms with E-state index >= 15 is 0 Å². The first-order valence-electron chi connectivity index (χ1n) is 6.78. The van der Waals surface area contributed by atoms with Crippen LogP contribution in [0.15, 0.2) is 23.1 Å². The fourth-order valence-corrected chi connectivity index (χ4v) is 3.98. The zero-order valence-electron chi connectivity index (χ0n) is 13.6. The lowest BCUT2D eigenvalue weighted by Crippen LogP contribution is -2.17. The molecule has 0 saturated carbocycles. The summed E-state index contributed by atoms with van der Waals surface area (Å²) in [5, 5.41) is 4.02. The minimum absolute atomic E-state index is 0.0833. The van der Waals surface area contributed by atoms with E-state index in [1.165, 1.54) is 33.3 Å². The molecular formula is C15H18N2O5S. The summed E-state index contributed by atoms with van der Waals surface area (Å²) in [6.07, 6.45) is 0. The fraction of sp³-hybridized carbons (Fsp3) is 0.333. The molecule has 0 radical (unpaired) electrons. The van der Waals surface area contributed by atoms with Gasteiger partial charge in [0.25, 0.3) is 10.0 Å². The van der Waals surface area contributed by atoms with E-state index in [-0.39, 0.29) is 22.1 Å². The molecule has 0 saturated heterocycles. The van der Waals surface area contributed by atoms with Crippen LogP contribution in [0, 0.1) is 13.8 Å². The highest BCUT2D eigenvalue weighted by atomic mass is 32.2. The molecule has 124 valence electrons. The second-order valence-corrected chi connectivity index (χ2v) is 6.70. The summed E-state index contributed by atoms with van der Waals surface area (Å²) in [7, 11) is -1.21. The van der Waals surface area contributed by atoms with E-state index < -0.39 is 10.0 Å². The quantitative estimate of drug-likeness (QED) is 0.775. The van der Waals surface area contributed by atoms with Crippen molar-refractivity contribution in [2.45, 2.75) is 25.7 Å². The molecule has 0 fully saturated rings. The van der Waals surface area contributed by atoms with Gasteiger partial charge < -0.3 is 9.47 Å². The number of carbonyl (C=O) groups excluding carboxylic acids is 1. The van der Waals surface area contributed by atoms with Gasteiger partial charge in [-0.15, -0.1) is 0 Å². The van der Waals surface area contributed by atoms with Gasteiger partial charge in [-0.1, -0.05) is 0 Å². The second-order valence-electron chi connectivity index (χ2n) is 4.97. The van der Waals surface area contributed by atoms with Crippen molar-refractivity contribution >= 4 is 15.8 Å². The highest BCUT2D eigenvalue weighted by Gasteiger charge is 2.28. The fourth-order valence-electron chi connectivity index (χ4n) is 2.44. The third kappa shape index (κ3) is 2.81. The maximum atomic E-state index is 12.9. The molecule has 2 aromatic rings. The van der Waals surface area contributed by atoms with Gasteiger partial charge in [0.05, 0.1) is 31.2 Å². The summed E-state index contributed by atoms with van der Waals surface area (Å²) in [6, 6.07) is 4.46. The molecular weight excluding hydrogens is 320 g/mol. The van der Waals surface area contributed by atoms with Crippen LogP contribution in [0.5, 0.6) is 11.5 Å². The molecule has 0 bridgehead atoms. The molecule has 0 spiro atoms. The Balaban J connectivity index is 2.74. The Kier molecular flexibility index (Phi) is 4.46. The van der Waals surface area contributed by atoms with Gasteiger partial charge in [-0.05, 0) is 32.9 Å². The molecule has 0 N–H and O–H groups in total. The first kappa shape index (κ1) is 17.0. The summed E-state index contributed by atoms with van der Waals surface area (Å²) in [5.74, 6) is 0.305. The summed E-state index contributed by atoms with van der Waals surface area (Å²) in [6.45, 7) is 4.51. The van der Waals surface area contributed by atoms with E-state index in [1.54, 1.807) is 19.9 Å². The van der Waals surface area contributed by atoms with Gasteiger partial charge in [0.1, 0.15) is 16.4 Å². The molecule has 7 nitrogen and oxygen atoms in total. The summed E-state index contributed by atoms with van der Waals surface area (Å²) in [5.41, 5.74) is 0.927. The van der Waals surface area contributed by atoms with E-state index in [2.05, 4.69) is 5.10 Å². The lowest BCUT2D eigenvalue weighted by molar-refractivity contribution is 0.101. The van der Waals surface area contributed by atoms with Crippen LogP contribution in [-0.4, -0.2) is 37.6 Å². The van der Waals surface area contributed by atoms with Crippen molar-refractivity contribution in [1.29, 1.82) is 0 Å². The van der Waals surface area contributed by atoms with E-state index in [0.29, 0.717) is 17.0 Å². The van der Waals surface area contributed by atoms with E-state index in [9.17, 15) is 13.2 Å². The largest absolute Gasteiger partial charge is 0.497 e. The van der Waals surface area contributed by atoms with Crippen LogP contribution in [0.4, 0.5) is 0 Å². The number of methoxy groups -OCH3 is 2. The normalized spacial score (nSPS) is 11.3. The molecule has 8 heteroatoms. The molecule has 1 aromatic heterocycles. The number of ether oxygens (including phenoxy) is 2. The highest BCUT2D eigenvalue weighted by molar-refractivity contribution is 7.90. The van der Waals surface area contributed by atoms with Crippen molar-refractivity contribution in [2.24, 2.45) is 0 Å². The zero-order valence-corrected chi connectivity index (χ0v) is 14.4. The van der Waals surface area contributed by atoms with E-state index in [4.69, 9.17) is 9.47 Å². The monoisotopic (exact) mass is 338 g/mol. The first-order chi connectivity index (χ1) is 10.7. The molecule has 0 amide bonds. The van der Waals surface area contributed by atoms with Gasteiger partial charge in [0.15, 0.2) is 5.78 Å². The minimum Gasteiger partial charge on any atom is -0.497 e. The second kappa shape index (κ2) is 6.04. The smallest absolute Gasteiger partial charge is 0.287 e. The van der Waals surface area contributed by atoms with Crippen molar-refractivity contribution in [2.75, 3.05) is 14.2 Å². The van der Waals surface area contributed by atoms with Crippen molar-refractivity contribution in [3.8, 4) is 11.5 Å². The van der Waals surface area contributed by atoms with Crippen molar-refractivity contribution in [3.63, 3.8) is 0 Å². The van der Waals surface area contributed by atoms with Gasteiger partial charge in [-0.2, -0.15) is 17.6 Å². The van der Waals surface area contributed by atoms with Crippen LogP contribution < -0.4 is 9.47 Å². The molecule has 2 rings (SSSR count). The molecule has 1 heterocycles. The molecule has 0 atom stereocenters. The maximum Gasteiger partial charge on any atom is 0.287 e. The molecule has 23 heavy (non-hydrogen) atoms. The summed E-state index contributed by atoms with van der Waals surface area (Å²) >= 11 is 0. The Morgan fingerprint density at radius 3 is 2.30 bits per heavy atom. The Morgan fingerprint density at radius 2 is 1.83 bits per heavy atom. The number of aromatic nitrogens is 2. The Labute approximate surface area is 134 Å². The predicted octanol–water partition coefficient (Wildman–Crippen LogP) is 1.96. The first-order valence-corrected chi connectivity index (χ1v) is 8.22. The number of hydrogen-bond donors (Lipinski definition) is 0. The van der Waals surface area contributed by atoms with Crippen molar-refractivity contribution in [1.82, 2.24) is 9.19 Å². The van der Waals surface area contributed by atoms with Crippen molar-refractivity contribution < 1.29 is 22.7 Å². The predicted molar refractivity (Wildman–Crippen MR) is 83.8 cm³/mol. The SMILES string of the molecule is COc1ccc(OC)c(S(=O)(=O)n2nc(C)c(C(C)=O)c2C)c1. The van der Waals surface area contributed by atoms with Crippen LogP contribution in [0.3, 0.4) is 0 Å². The molecule has 0 aliphatic heterocycles. The minimum atomic E-state index is -4.03. The third-order valence-corrected chi connectivity index (χ3v) is 5.17. The topological polar surface area (TPSA) is 87.5 Å². The van der Waals surface area contributed by atoms with Gasteiger partial charge in [-0.3, -0.25) is 4.79 Å². The zero-order chi connectivity index (χ0) is 17.4.